The van der Waals surface area contributed by atoms with Gasteiger partial charge < -0.3 is 0 Å². The van der Waals surface area contributed by atoms with E-state index >= 15 is 0 Å². The summed E-state index contributed by atoms with van der Waals surface area (Å²) in [5, 5.41) is 0. The van der Waals surface area contributed by atoms with Gasteiger partial charge in [-0.2, -0.15) is 0 Å². The number of hydrogen-bond acceptors (Lipinski definition) is 1. The van der Waals surface area contributed by atoms with Crippen molar-refractivity contribution in [2.45, 2.75) is 27.2 Å². The Balaban J connectivity index is 0.000000461. The first kappa shape index (κ1) is 10.5. The maximum absolute atomic E-state index is 4.09. The molecule has 0 amide bonds. The molecule has 0 saturated heterocycles. The molecule has 0 aromatic carbocycles. The molecule has 62 valence electrons. The Morgan fingerprint density at radius 3 is 2.09 bits per heavy atom. The first-order valence-electron chi connectivity index (χ1n) is 4.02. The molecule has 11 heavy (non-hydrogen) atoms. The Bertz CT molecular complexity index is 181. The molecule has 0 aliphatic rings. The zero-order chi connectivity index (χ0) is 8.69. The normalized spacial score (nSPS) is 8.36. The largest absolute Gasteiger partial charge is 0.183 e. The van der Waals surface area contributed by atoms with Gasteiger partial charge in [0, 0.05) is 12.1 Å². The van der Waals surface area contributed by atoms with E-state index in [1.807, 2.05) is 26.2 Å². The Labute approximate surface area is 74.6 Å². The van der Waals surface area contributed by atoms with Crippen LogP contribution in [0.15, 0.2) is 24.5 Å². The second-order valence-corrected chi connectivity index (χ2v) is 2.40. The van der Waals surface area contributed by atoms with E-state index in [4.69, 9.17) is 0 Å². The van der Waals surface area contributed by atoms with E-state index in [0.717, 1.165) is 6.42 Å². The van der Waals surface area contributed by atoms with Gasteiger partial charge in [-0.25, -0.2) is 0 Å². The summed E-state index contributed by atoms with van der Waals surface area (Å²) in [6.45, 7) is 6.14. The summed E-state index contributed by atoms with van der Waals surface area (Å²) in [6, 6.07) is 4.12. The molecular weight excluding hydrogens is 154 g/mol. The zero-order valence-electron chi connectivity index (χ0n) is 7.41. The minimum atomic E-state index is 1.09. The van der Waals surface area contributed by atoms with Gasteiger partial charge in [0.2, 0.25) is 0 Å². The number of rotatable bonds is 1. The van der Waals surface area contributed by atoms with Crippen molar-refractivity contribution in [2.24, 2.45) is 0 Å². The van der Waals surface area contributed by atoms with E-state index in [2.05, 4.69) is 31.9 Å². The summed E-state index contributed by atoms with van der Waals surface area (Å²) in [4.78, 5) is 0. The highest BCUT2D eigenvalue weighted by Gasteiger charge is 1.91. The number of aromatic nitrogens is 1. The van der Waals surface area contributed by atoms with Gasteiger partial charge in [-0.1, -0.05) is 20.8 Å². The van der Waals surface area contributed by atoms with Crippen molar-refractivity contribution in [1.82, 2.24) is 0 Å². The molecule has 0 fully saturated rings. The smallest absolute Gasteiger partial charge is 0.137 e. The van der Waals surface area contributed by atoms with Crippen molar-refractivity contribution in [3.8, 4) is 0 Å². The van der Waals surface area contributed by atoms with Gasteiger partial charge in [-0.15, -0.1) is 3.97 Å². The summed E-state index contributed by atoms with van der Waals surface area (Å²) in [6.07, 6.45) is 4.96. The van der Waals surface area contributed by atoms with Crippen LogP contribution in [-0.4, -0.2) is 0 Å². The van der Waals surface area contributed by atoms with Gasteiger partial charge >= 0.3 is 0 Å². The molecule has 1 aromatic heterocycles. The zero-order valence-corrected chi connectivity index (χ0v) is 8.31. The van der Waals surface area contributed by atoms with Gasteiger partial charge in [-0.05, 0) is 12.0 Å². The quantitative estimate of drug-likeness (QED) is 0.487. The van der Waals surface area contributed by atoms with Crippen molar-refractivity contribution < 1.29 is 3.97 Å². The lowest BCUT2D eigenvalue weighted by Crippen LogP contribution is -2.17. The van der Waals surface area contributed by atoms with Crippen LogP contribution < -0.4 is 3.97 Å². The maximum atomic E-state index is 4.09. The molecule has 0 unspecified atom stereocenters. The molecular formula is C9H16NS+. The average Bonchev–Trinajstić information content (AvgIpc) is 2.10. The summed E-state index contributed by atoms with van der Waals surface area (Å²) in [5.74, 6) is 0. The fourth-order valence-corrected chi connectivity index (χ4v) is 0.818. The minimum absolute atomic E-state index is 1.09. The third kappa shape index (κ3) is 4.04. The predicted octanol–water partition coefficient (Wildman–Crippen LogP) is 2.26. The number of hydrogen-bond donors (Lipinski definition) is 1. The molecule has 0 N–H and O–H groups in total. The molecule has 1 aromatic rings. The second kappa shape index (κ2) is 6.23. The van der Waals surface area contributed by atoms with Crippen LogP contribution in [0.4, 0.5) is 0 Å². The third-order valence-corrected chi connectivity index (χ3v) is 1.56. The van der Waals surface area contributed by atoms with Gasteiger partial charge in [-0.3, -0.25) is 0 Å². The molecule has 0 spiro atoms. The van der Waals surface area contributed by atoms with Crippen LogP contribution in [0.5, 0.6) is 0 Å². The highest BCUT2D eigenvalue weighted by Crippen LogP contribution is 1.94. The SMILES string of the molecule is CC.CCc1cc[n+](S)cc1. The minimum Gasteiger partial charge on any atom is -0.137 e. The monoisotopic (exact) mass is 170 g/mol. The standard InChI is InChI=1S/C7H10NS.C2H6/c1-2-7-3-5-8(9)6-4-7;1-2/h3-6,9H,2H2,1H3;1-2H3/q+1;. The van der Waals surface area contributed by atoms with Gasteiger partial charge in [0.15, 0.2) is 12.4 Å². The van der Waals surface area contributed by atoms with Crippen LogP contribution in [0.3, 0.4) is 0 Å². The van der Waals surface area contributed by atoms with E-state index in [1.54, 1.807) is 3.97 Å². The molecule has 0 bridgehead atoms. The average molecular weight is 170 g/mol. The van der Waals surface area contributed by atoms with Gasteiger partial charge in [0.05, 0.1) is 0 Å². The first-order valence-corrected chi connectivity index (χ1v) is 4.42. The van der Waals surface area contributed by atoms with Gasteiger partial charge in [0.1, 0.15) is 12.8 Å². The van der Waals surface area contributed by atoms with Crippen molar-refractivity contribution in [3.05, 3.63) is 30.1 Å². The lowest BCUT2D eigenvalue weighted by Gasteiger charge is -1.88. The number of pyridine rings is 1. The third-order valence-electron chi connectivity index (χ3n) is 1.29. The van der Waals surface area contributed by atoms with E-state index in [9.17, 15) is 0 Å². The molecule has 0 aliphatic carbocycles. The van der Waals surface area contributed by atoms with Crippen LogP contribution in [0.2, 0.25) is 0 Å². The molecule has 1 rings (SSSR count). The van der Waals surface area contributed by atoms with Crippen molar-refractivity contribution in [2.75, 3.05) is 0 Å². The lowest BCUT2D eigenvalue weighted by molar-refractivity contribution is -0.489. The first-order chi connectivity index (χ1) is 5.33. The molecule has 0 saturated carbocycles. The molecule has 0 aliphatic heterocycles. The van der Waals surface area contributed by atoms with Crippen molar-refractivity contribution in [3.63, 3.8) is 0 Å². The number of aryl methyl sites for hydroxylation is 1. The van der Waals surface area contributed by atoms with Gasteiger partial charge in [0.25, 0.3) is 0 Å². The Kier molecular flexibility index (Phi) is 5.94. The highest BCUT2D eigenvalue weighted by atomic mass is 32.1. The van der Waals surface area contributed by atoms with E-state index < -0.39 is 0 Å². The van der Waals surface area contributed by atoms with E-state index in [1.165, 1.54) is 5.56 Å². The Morgan fingerprint density at radius 2 is 1.73 bits per heavy atom. The van der Waals surface area contributed by atoms with E-state index in [0.29, 0.717) is 0 Å². The van der Waals surface area contributed by atoms with Crippen LogP contribution in [0, 0.1) is 0 Å². The summed E-state index contributed by atoms with van der Waals surface area (Å²) in [7, 11) is 0. The molecule has 1 nitrogen and oxygen atoms in total. The van der Waals surface area contributed by atoms with Crippen LogP contribution >= 0.6 is 12.8 Å². The lowest BCUT2D eigenvalue weighted by atomic mass is 10.2. The fraction of sp³-hybridized carbons (Fsp3) is 0.444. The highest BCUT2D eigenvalue weighted by molar-refractivity contribution is 7.73. The van der Waals surface area contributed by atoms with Crippen LogP contribution in [0.25, 0.3) is 0 Å². The topological polar surface area (TPSA) is 3.88 Å². The van der Waals surface area contributed by atoms with Crippen molar-refractivity contribution in [1.29, 1.82) is 0 Å². The fourth-order valence-electron chi connectivity index (χ4n) is 0.685. The summed E-state index contributed by atoms with van der Waals surface area (Å²) in [5.41, 5.74) is 1.35. The van der Waals surface area contributed by atoms with Crippen LogP contribution in [-0.2, 0) is 6.42 Å². The predicted molar refractivity (Wildman–Crippen MR) is 51.7 cm³/mol. The molecule has 0 atom stereocenters. The summed E-state index contributed by atoms with van der Waals surface area (Å²) >= 11 is 4.09. The van der Waals surface area contributed by atoms with Crippen molar-refractivity contribution >= 4 is 12.8 Å². The molecule has 0 radical (unpaired) electrons. The number of thiol groups is 1. The summed E-state index contributed by atoms with van der Waals surface area (Å²) < 4.78 is 1.74. The van der Waals surface area contributed by atoms with E-state index in [-0.39, 0.29) is 0 Å². The molecule has 2 heteroatoms. The second-order valence-electron chi connectivity index (χ2n) is 1.94. The van der Waals surface area contributed by atoms with Crippen LogP contribution in [0.1, 0.15) is 26.3 Å². The molecule has 1 heterocycles. The Hall–Kier alpha value is -0.500. The number of nitrogens with zero attached hydrogens (tertiary/aromatic N) is 1. The maximum Gasteiger partial charge on any atom is 0.183 e. The Morgan fingerprint density at radius 1 is 1.27 bits per heavy atom.